The molecule has 0 radical (unpaired) electrons. The first-order chi connectivity index (χ1) is 8.63. The molecule has 2 aliphatic rings. The van der Waals surface area contributed by atoms with Gasteiger partial charge in [-0.05, 0) is 43.0 Å². The SMILES string of the molecule is O=C(Cc1cc(F)ccc1Cl)C1CC2CCC1O2. The third-order valence-corrected chi connectivity index (χ3v) is 4.26. The molecular formula is C14H14ClFO2. The Hall–Kier alpha value is -0.930. The molecule has 2 saturated heterocycles. The highest BCUT2D eigenvalue weighted by atomic mass is 35.5. The average Bonchev–Trinajstić information content (AvgIpc) is 2.96. The molecule has 2 bridgehead atoms. The molecule has 4 heteroatoms. The number of hydrogen-bond donors (Lipinski definition) is 0. The number of fused-ring (bicyclic) bond motifs is 2. The number of carbonyl (C=O) groups is 1. The second kappa shape index (κ2) is 4.63. The van der Waals surface area contributed by atoms with Crippen LogP contribution in [0.2, 0.25) is 5.02 Å². The fraction of sp³-hybridized carbons (Fsp3) is 0.500. The Morgan fingerprint density at radius 3 is 2.94 bits per heavy atom. The van der Waals surface area contributed by atoms with Crippen LogP contribution in [0.25, 0.3) is 0 Å². The van der Waals surface area contributed by atoms with E-state index in [1.807, 2.05) is 0 Å². The number of hydrogen-bond acceptors (Lipinski definition) is 2. The molecule has 0 aliphatic carbocycles. The molecule has 1 aromatic rings. The Labute approximate surface area is 110 Å². The smallest absolute Gasteiger partial charge is 0.143 e. The van der Waals surface area contributed by atoms with Crippen molar-refractivity contribution >= 4 is 17.4 Å². The van der Waals surface area contributed by atoms with Crippen molar-refractivity contribution < 1.29 is 13.9 Å². The molecule has 2 aliphatic heterocycles. The Bertz CT molecular complexity index is 489. The summed E-state index contributed by atoms with van der Waals surface area (Å²) in [4.78, 5) is 12.2. The lowest BCUT2D eigenvalue weighted by Crippen LogP contribution is -2.26. The van der Waals surface area contributed by atoms with Gasteiger partial charge in [0, 0.05) is 17.4 Å². The largest absolute Gasteiger partial charge is 0.374 e. The van der Waals surface area contributed by atoms with E-state index in [9.17, 15) is 9.18 Å². The van der Waals surface area contributed by atoms with E-state index in [1.165, 1.54) is 18.2 Å². The molecule has 3 atom stereocenters. The van der Waals surface area contributed by atoms with Gasteiger partial charge in [0.05, 0.1) is 12.2 Å². The van der Waals surface area contributed by atoms with Crippen LogP contribution in [0.15, 0.2) is 18.2 Å². The summed E-state index contributed by atoms with van der Waals surface area (Å²) in [5.74, 6) is -0.260. The minimum absolute atomic E-state index is 0.0249. The summed E-state index contributed by atoms with van der Waals surface area (Å²) in [6.07, 6.45) is 3.39. The van der Waals surface area contributed by atoms with Crippen molar-refractivity contribution in [3.63, 3.8) is 0 Å². The van der Waals surface area contributed by atoms with Crippen molar-refractivity contribution in [2.45, 2.75) is 37.9 Å². The predicted octanol–water partition coefficient (Wildman–Crippen LogP) is 3.16. The molecule has 3 rings (SSSR count). The zero-order valence-corrected chi connectivity index (χ0v) is 10.6. The number of ether oxygens (including phenoxy) is 1. The molecule has 0 saturated carbocycles. The second-order valence-electron chi connectivity index (χ2n) is 5.09. The first-order valence-corrected chi connectivity index (χ1v) is 6.63. The number of Topliss-reactive ketones (excluding diaryl/α,β-unsaturated/α-hetero) is 1. The maximum absolute atomic E-state index is 13.1. The number of ketones is 1. The summed E-state index contributed by atoms with van der Waals surface area (Å²) in [5.41, 5.74) is 0.574. The van der Waals surface area contributed by atoms with Gasteiger partial charge in [-0.3, -0.25) is 4.79 Å². The fourth-order valence-electron chi connectivity index (χ4n) is 2.97. The van der Waals surface area contributed by atoms with Crippen LogP contribution >= 0.6 is 11.6 Å². The number of benzene rings is 1. The van der Waals surface area contributed by atoms with E-state index in [2.05, 4.69) is 0 Å². The van der Waals surface area contributed by atoms with Crippen molar-refractivity contribution in [3.05, 3.63) is 34.6 Å². The van der Waals surface area contributed by atoms with Crippen LogP contribution in [-0.4, -0.2) is 18.0 Å². The lowest BCUT2D eigenvalue weighted by Gasteiger charge is -2.17. The average molecular weight is 269 g/mol. The normalized spacial score (nSPS) is 29.8. The molecule has 0 spiro atoms. The van der Waals surface area contributed by atoms with Gasteiger partial charge in [0.1, 0.15) is 11.6 Å². The number of rotatable bonds is 3. The van der Waals surface area contributed by atoms with E-state index in [1.54, 1.807) is 0 Å². The molecule has 1 aromatic carbocycles. The van der Waals surface area contributed by atoms with Crippen LogP contribution in [0.4, 0.5) is 4.39 Å². The molecule has 0 aromatic heterocycles. The van der Waals surface area contributed by atoms with E-state index in [-0.39, 0.29) is 36.1 Å². The van der Waals surface area contributed by atoms with Crippen LogP contribution in [0, 0.1) is 11.7 Å². The third kappa shape index (κ3) is 2.17. The lowest BCUT2D eigenvalue weighted by atomic mass is 9.84. The monoisotopic (exact) mass is 268 g/mol. The molecule has 0 amide bonds. The Balaban J connectivity index is 1.72. The highest BCUT2D eigenvalue weighted by Crippen LogP contribution is 2.39. The summed E-state index contributed by atoms with van der Waals surface area (Å²) >= 11 is 5.98. The summed E-state index contributed by atoms with van der Waals surface area (Å²) in [7, 11) is 0. The highest BCUT2D eigenvalue weighted by Gasteiger charge is 2.43. The van der Waals surface area contributed by atoms with Crippen molar-refractivity contribution in [2.75, 3.05) is 0 Å². The molecule has 3 unspecified atom stereocenters. The van der Waals surface area contributed by atoms with Gasteiger partial charge in [0.25, 0.3) is 0 Å². The molecule has 2 nitrogen and oxygen atoms in total. The Morgan fingerprint density at radius 1 is 1.44 bits per heavy atom. The van der Waals surface area contributed by atoms with Gasteiger partial charge in [0.15, 0.2) is 0 Å². The van der Waals surface area contributed by atoms with Gasteiger partial charge < -0.3 is 4.74 Å². The zero-order valence-electron chi connectivity index (χ0n) is 9.86. The maximum Gasteiger partial charge on any atom is 0.143 e. The standard InChI is InChI=1S/C14H14ClFO2/c15-12-3-1-9(16)5-8(12)6-13(17)11-7-10-2-4-14(11)18-10/h1,3,5,10-11,14H,2,4,6-7H2. The first-order valence-electron chi connectivity index (χ1n) is 6.25. The number of halogens is 2. The van der Waals surface area contributed by atoms with Crippen molar-refractivity contribution in [1.82, 2.24) is 0 Å². The predicted molar refractivity (Wildman–Crippen MR) is 66.1 cm³/mol. The van der Waals surface area contributed by atoms with E-state index < -0.39 is 0 Å². The summed E-state index contributed by atoms with van der Waals surface area (Å²) in [6.45, 7) is 0. The fourth-order valence-corrected chi connectivity index (χ4v) is 3.16. The van der Waals surface area contributed by atoms with Crippen LogP contribution in [0.5, 0.6) is 0 Å². The van der Waals surface area contributed by atoms with Gasteiger partial charge in [-0.15, -0.1) is 0 Å². The van der Waals surface area contributed by atoms with Crippen LogP contribution in [0.1, 0.15) is 24.8 Å². The van der Waals surface area contributed by atoms with E-state index in [4.69, 9.17) is 16.3 Å². The van der Waals surface area contributed by atoms with Crippen LogP contribution in [-0.2, 0) is 16.0 Å². The van der Waals surface area contributed by atoms with Crippen LogP contribution < -0.4 is 0 Å². The minimum atomic E-state index is -0.355. The summed E-state index contributed by atoms with van der Waals surface area (Å²) < 4.78 is 18.8. The minimum Gasteiger partial charge on any atom is -0.374 e. The highest BCUT2D eigenvalue weighted by molar-refractivity contribution is 6.31. The molecule has 2 heterocycles. The molecule has 2 fully saturated rings. The first kappa shape index (κ1) is 12.1. The number of carbonyl (C=O) groups excluding carboxylic acids is 1. The lowest BCUT2D eigenvalue weighted by molar-refractivity contribution is -0.123. The van der Waals surface area contributed by atoms with Crippen molar-refractivity contribution in [2.24, 2.45) is 5.92 Å². The quantitative estimate of drug-likeness (QED) is 0.842. The molecule has 0 N–H and O–H groups in total. The second-order valence-corrected chi connectivity index (χ2v) is 5.50. The van der Waals surface area contributed by atoms with E-state index in [0.717, 1.165) is 19.3 Å². The Morgan fingerprint density at radius 2 is 2.28 bits per heavy atom. The topological polar surface area (TPSA) is 26.3 Å². The van der Waals surface area contributed by atoms with Gasteiger partial charge in [0.2, 0.25) is 0 Å². The van der Waals surface area contributed by atoms with E-state index in [0.29, 0.717) is 10.6 Å². The summed E-state index contributed by atoms with van der Waals surface area (Å²) in [5, 5.41) is 0.453. The molecule has 18 heavy (non-hydrogen) atoms. The van der Waals surface area contributed by atoms with Crippen LogP contribution in [0.3, 0.4) is 0 Å². The molecular weight excluding hydrogens is 255 g/mol. The van der Waals surface area contributed by atoms with Gasteiger partial charge >= 0.3 is 0 Å². The summed E-state index contributed by atoms with van der Waals surface area (Å²) in [6, 6.07) is 4.14. The van der Waals surface area contributed by atoms with Gasteiger partial charge in [-0.2, -0.15) is 0 Å². The van der Waals surface area contributed by atoms with E-state index >= 15 is 0 Å². The zero-order chi connectivity index (χ0) is 12.7. The Kier molecular flexibility index (Phi) is 3.12. The van der Waals surface area contributed by atoms with Gasteiger partial charge in [-0.25, -0.2) is 4.39 Å². The van der Waals surface area contributed by atoms with Gasteiger partial charge in [-0.1, -0.05) is 11.6 Å². The van der Waals surface area contributed by atoms with Crippen molar-refractivity contribution in [3.8, 4) is 0 Å². The maximum atomic E-state index is 13.1. The van der Waals surface area contributed by atoms with Crippen molar-refractivity contribution in [1.29, 1.82) is 0 Å². The molecule has 96 valence electrons. The third-order valence-electron chi connectivity index (χ3n) is 3.89.